The molecular weight excluding hydrogens is 282 g/mol. The molecule has 19 heavy (non-hydrogen) atoms. The van der Waals surface area contributed by atoms with Crippen LogP contribution in [0, 0.1) is 0 Å². The Balaban J connectivity index is 2.32. The fourth-order valence-corrected chi connectivity index (χ4v) is 4.14. The van der Waals surface area contributed by atoms with Gasteiger partial charge in [0, 0.05) is 25.9 Å². The van der Waals surface area contributed by atoms with Gasteiger partial charge in [-0.1, -0.05) is 6.07 Å². The number of nitrogens with two attached hydrogens (primary N) is 1. The number of thioether (sulfide) groups is 1. The predicted octanol–water partition coefficient (Wildman–Crippen LogP) is 1.44. The predicted molar refractivity (Wildman–Crippen MR) is 81.1 cm³/mol. The first kappa shape index (κ1) is 14.5. The first-order valence-electron chi connectivity index (χ1n) is 6.08. The lowest BCUT2D eigenvalue weighted by Crippen LogP contribution is -2.24. The molecule has 0 bridgehead atoms. The Labute approximate surface area is 118 Å². The molecule has 1 atom stereocenters. The smallest absolute Gasteiger partial charge is 0.244 e. The first-order chi connectivity index (χ1) is 8.93. The SMILES string of the molecule is CN(C)S(=O)(=O)c1cccc(NC2CCSC2)c1N. The summed E-state index contributed by atoms with van der Waals surface area (Å²) < 4.78 is 25.5. The number of hydrogen-bond acceptors (Lipinski definition) is 5. The van der Waals surface area contributed by atoms with E-state index >= 15 is 0 Å². The Morgan fingerprint density at radius 1 is 1.42 bits per heavy atom. The summed E-state index contributed by atoms with van der Waals surface area (Å²) in [5.41, 5.74) is 7.01. The summed E-state index contributed by atoms with van der Waals surface area (Å²) in [6.07, 6.45) is 1.08. The molecule has 1 aliphatic rings. The Morgan fingerprint density at radius 2 is 2.16 bits per heavy atom. The molecule has 0 spiro atoms. The number of sulfonamides is 1. The standard InChI is InChI=1S/C12H19N3O2S2/c1-15(2)19(16,17)11-5-3-4-10(12(11)13)14-9-6-7-18-8-9/h3-5,9,14H,6-8,13H2,1-2H3. The summed E-state index contributed by atoms with van der Waals surface area (Å²) in [7, 11) is -0.496. The minimum absolute atomic E-state index is 0.160. The molecule has 5 nitrogen and oxygen atoms in total. The molecule has 1 aliphatic heterocycles. The van der Waals surface area contributed by atoms with Gasteiger partial charge in [0.2, 0.25) is 10.0 Å². The van der Waals surface area contributed by atoms with Gasteiger partial charge in [0.1, 0.15) is 4.90 Å². The van der Waals surface area contributed by atoms with Gasteiger partial charge in [0.25, 0.3) is 0 Å². The highest BCUT2D eigenvalue weighted by Gasteiger charge is 2.23. The lowest BCUT2D eigenvalue weighted by atomic mass is 10.2. The van der Waals surface area contributed by atoms with Crippen molar-refractivity contribution in [3.8, 4) is 0 Å². The highest BCUT2D eigenvalue weighted by atomic mass is 32.2. The maximum absolute atomic E-state index is 12.2. The van der Waals surface area contributed by atoms with E-state index in [1.54, 1.807) is 12.1 Å². The van der Waals surface area contributed by atoms with Crippen LogP contribution in [0.2, 0.25) is 0 Å². The van der Waals surface area contributed by atoms with E-state index in [1.165, 1.54) is 18.4 Å². The second-order valence-corrected chi connectivity index (χ2v) is 7.98. The second-order valence-electron chi connectivity index (χ2n) is 4.71. The van der Waals surface area contributed by atoms with Crippen LogP contribution in [0.3, 0.4) is 0 Å². The number of nitrogens with zero attached hydrogens (tertiary/aromatic N) is 1. The lowest BCUT2D eigenvalue weighted by molar-refractivity contribution is 0.521. The van der Waals surface area contributed by atoms with E-state index in [1.807, 2.05) is 17.8 Å². The van der Waals surface area contributed by atoms with Crippen LogP contribution in [0.15, 0.2) is 23.1 Å². The third-order valence-electron chi connectivity index (χ3n) is 3.11. The van der Waals surface area contributed by atoms with Crippen molar-refractivity contribution in [1.29, 1.82) is 0 Å². The van der Waals surface area contributed by atoms with Gasteiger partial charge in [0.05, 0.1) is 11.4 Å². The summed E-state index contributed by atoms with van der Waals surface area (Å²) in [4.78, 5) is 0.160. The number of benzene rings is 1. The number of anilines is 2. The third-order valence-corrected chi connectivity index (χ3v) is 6.15. The van der Waals surface area contributed by atoms with Crippen molar-refractivity contribution in [3.05, 3.63) is 18.2 Å². The minimum Gasteiger partial charge on any atom is -0.396 e. The van der Waals surface area contributed by atoms with Crippen LogP contribution in [0.25, 0.3) is 0 Å². The van der Waals surface area contributed by atoms with E-state index in [0.29, 0.717) is 17.4 Å². The highest BCUT2D eigenvalue weighted by molar-refractivity contribution is 7.99. The van der Waals surface area contributed by atoms with E-state index in [0.717, 1.165) is 17.9 Å². The topological polar surface area (TPSA) is 75.4 Å². The van der Waals surface area contributed by atoms with Crippen molar-refractivity contribution >= 4 is 33.2 Å². The van der Waals surface area contributed by atoms with Crippen molar-refractivity contribution in [2.45, 2.75) is 17.4 Å². The third kappa shape index (κ3) is 2.98. The number of nitrogens with one attached hydrogen (secondary N) is 1. The Morgan fingerprint density at radius 3 is 2.74 bits per heavy atom. The Bertz CT molecular complexity index is 552. The molecule has 1 heterocycles. The molecule has 1 aromatic rings. The molecule has 106 valence electrons. The van der Waals surface area contributed by atoms with Crippen LogP contribution >= 0.6 is 11.8 Å². The minimum atomic E-state index is -3.50. The molecule has 1 aromatic carbocycles. The average molecular weight is 301 g/mol. The molecule has 2 rings (SSSR count). The van der Waals surface area contributed by atoms with Crippen LogP contribution in [-0.4, -0.2) is 44.4 Å². The molecule has 1 saturated heterocycles. The number of para-hydroxylation sites is 1. The van der Waals surface area contributed by atoms with Crippen LogP contribution in [0.4, 0.5) is 11.4 Å². The zero-order valence-corrected chi connectivity index (χ0v) is 12.7. The molecule has 0 aromatic heterocycles. The summed E-state index contributed by atoms with van der Waals surface area (Å²) >= 11 is 1.89. The highest BCUT2D eigenvalue weighted by Crippen LogP contribution is 2.30. The fraction of sp³-hybridized carbons (Fsp3) is 0.500. The quantitative estimate of drug-likeness (QED) is 0.823. The molecule has 0 aliphatic carbocycles. The maximum Gasteiger partial charge on any atom is 0.244 e. The Hall–Kier alpha value is -0.920. The van der Waals surface area contributed by atoms with Gasteiger partial charge in [-0.25, -0.2) is 12.7 Å². The number of hydrogen-bond donors (Lipinski definition) is 2. The van der Waals surface area contributed by atoms with Gasteiger partial charge < -0.3 is 11.1 Å². The van der Waals surface area contributed by atoms with Gasteiger partial charge in [0.15, 0.2) is 0 Å². The van der Waals surface area contributed by atoms with Crippen molar-refractivity contribution in [2.75, 3.05) is 36.7 Å². The molecule has 7 heteroatoms. The second kappa shape index (κ2) is 5.60. The van der Waals surface area contributed by atoms with Gasteiger partial charge in [-0.2, -0.15) is 11.8 Å². The average Bonchev–Trinajstić information content (AvgIpc) is 2.84. The molecule has 1 fully saturated rings. The van der Waals surface area contributed by atoms with E-state index in [-0.39, 0.29) is 4.90 Å². The molecule has 0 saturated carbocycles. The first-order valence-corrected chi connectivity index (χ1v) is 8.67. The van der Waals surface area contributed by atoms with E-state index < -0.39 is 10.0 Å². The normalized spacial score (nSPS) is 19.8. The molecule has 1 unspecified atom stereocenters. The summed E-state index contributed by atoms with van der Waals surface area (Å²) in [6.45, 7) is 0. The summed E-state index contributed by atoms with van der Waals surface area (Å²) in [5, 5.41) is 3.33. The van der Waals surface area contributed by atoms with Crippen molar-refractivity contribution in [3.63, 3.8) is 0 Å². The number of nitrogen functional groups attached to an aromatic ring is 1. The van der Waals surface area contributed by atoms with Crippen molar-refractivity contribution in [1.82, 2.24) is 4.31 Å². The van der Waals surface area contributed by atoms with Crippen LogP contribution < -0.4 is 11.1 Å². The molecule has 0 amide bonds. The van der Waals surface area contributed by atoms with Gasteiger partial charge >= 0.3 is 0 Å². The summed E-state index contributed by atoms with van der Waals surface area (Å²) in [6, 6.07) is 5.45. The van der Waals surface area contributed by atoms with Gasteiger partial charge in [-0.3, -0.25) is 0 Å². The van der Waals surface area contributed by atoms with Crippen molar-refractivity contribution in [2.24, 2.45) is 0 Å². The Kier molecular flexibility index (Phi) is 4.27. The van der Waals surface area contributed by atoms with E-state index in [9.17, 15) is 8.42 Å². The lowest BCUT2D eigenvalue weighted by Gasteiger charge is -2.18. The van der Waals surface area contributed by atoms with Gasteiger partial charge in [-0.05, 0) is 24.3 Å². The molecular formula is C12H19N3O2S2. The monoisotopic (exact) mass is 301 g/mol. The summed E-state index contributed by atoms with van der Waals surface area (Å²) in [5.74, 6) is 2.16. The molecule has 3 N–H and O–H groups in total. The zero-order valence-electron chi connectivity index (χ0n) is 11.1. The molecule has 0 radical (unpaired) electrons. The fourth-order valence-electron chi connectivity index (χ4n) is 1.96. The van der Waals surface area contributed by atoms with Crippen LogP contribution in [-0.2, 0) is 10.0 Å². The largest absolute Gasteiger partial charge is 0.396 e. The van der Waals surface area contributed by atoms with Crippen molar-refractivity contribution < 1.29 is 8.42 Å². The van der Waals surface area contributed by atoms with E-state index in [2.05, 4.69) is 5.32 Å². The van der Waals surface area contributed by atoms with Gasteiger partial charge in [-0.15, -0.1) is 0 Å². The van der Waals surface area contributed by atoms with E-state index in [4.69, 9.17) is 5.73 Å². The maximum atomic E-state index is 12.2. The number of rotatable bonds is 4. The zero-order chi connectivity index (χ0) is 14.0. The van der Waals surface area contributed by atoms with Crippen LogP contribution in [0.1, 0.15) is 6.42 Å². The van der Waals surface area contributed by atoms with Crippen LogP contribution in [0.5, 0.6) is 0 Å².